The number of likely N-dealkylation sites (tertiary alicyclic amines) is 1. The summed E-state index contributed by atoms with van der Waals surface area (Å²) >= 11 is 0. The molecular formula is C13H26N2O. The molecule has 1 amide bonds. The molecule has 16 heavy (non-hydrogen) atoms. The first-order valence-corrected chi connectivity index (χ1v) is 6.58. The van der Waals surface area contributed by atoms with Gasteiger partial charge in [-0.3, -0.25) is 4.79 Å². The number of carbonyl (C=O) groups excluding carboxylic acids is 1. The van der Waals surface area contributed by atoms with Crippen LogP contribution in [0.3, 0.4) is 0 Å². The van der Waals surface area contributed by atoms with Crippen LogP contribution in [0.4, 0.5) is 0 Å². The Kier molecular flexibility index (Phi) is 5.26. The van der Waals surface area contributed by atoms with Gasteiger partial charge >= 0.3 is 0 Å². The highest BCUT2D eigenvalue weighted by Gasteiger charge is 2.32. The van der Waals surface area contributed by atoms with Crippen molar-refractivity contribution in [2.45, 2.75) is 52.5 Å². The molecule has 0 aromatic carbocycles. The van der Waals surface area contributed by atoms with E-state index in [-0.39, 0.29) is 5.92 Å². The van der Waals surface area contributed by atoms with E-state index >= 15 is 0 Å². The predicted molar refractivity (Wildman–Crippen MR) is 67.0 cm³/mol. The summed E-state index contributed by atoms with van der Waals surface area (Å²) in [5.41, 5.74) is 5.48. The summed E-state index contributed by atoms with van der Waals surface area (Å²) in [6.07, 6.45) is 4.22. The number of nitrogens with two attached hydrogens (primary N) is 1. The molecule has 0 saturated carbocycles. The minimum atomic E-state index is 0.142. The highest BCUT2D eigenvalue weighted by Crippen LogP contribution is 2.26. The Morgan fingerprint density at radius 2 is 2.12 bits per heavy atom. The molecule has 2 N–H and O–H groups in total. The molecule has 0 aromatic rings. The van der Waals surface area contributed by atoms with Crippen LogP contribution in [-0.2, 0) is 4.79 Å². The summed E-state index contributed by atoms with van der Waals surface area (Å²) < 4.78 is 0. The van der Waals surface area contributed by atoms with Crippen LogP contribution in [0.2, 0.25) is 0 Å². The van der Waals surface area contributed by atoms with Crippen LogP contribution in [0.5, 0.6) is 0 Å². The summed E-state index contributed by atoms with van der Waals surface area (Å²) in [6, 6.07) is 0.466. The quantitative estimate of drug-likeness (QED) is 0.779. The molecule has 2 atom stereocenters. The molecule has 0 radical (unpaired) electrons. The van der Waals surface area contributed by atoms with Crippen molar-refractivity contribution in [3.05, 3.63) is 0 Å². The van der Waals surface area contributed by atoms with Crippen molar-refractivity contribution in [2.75, 3.05) is 13.1 Å². The predicted octanol–water partition coefficient (Wildman–Crippen LogP) is 2.01. The van der Waals surface area contributed by atoms with Gasteiger partial charge in [-0.15, -0.1) is 0 Å². The van der Waals surface area contributed by atoms with E-state index in [1.54, 1.807) is 0 Å². The van der Waals surface area contributed by atoms with Gasteiger partial charge in [-0.2, -0.15) is 0 Å². The Labute approximate surface area is 99.4 Å². The van der Waals surface area contributed by atoms with Gasteiger partial charge in [-0.25, -0.2) is 0 Å². The first-order valence-electron chi connectivity index (χ1n) is 6.58. The molecule has 2 unspecified atom stereocenters. The number of nitrogens with zero attached hydrogens (tertiary/aromatic N) is 1. The molecule has 3 heteroatoms. The minimum Gasteiger partial charge on any atom is -0.339 e. The van der Waals surface area contributed by atoms with Crippen LogP contribution in [-0.4, -0.2) is 29.9 Å². The third-order valence-electron chi connectivity index (χ3n) is 3.61. The monoisotopic (exact) mass is 226 g/mol. The van der Waals surface area contributed by atoms with Crippen molar-refractivity contribution >= 4 is 5.91 Å². The van der Waals surface area contributed by atoms with Gasteiger partial charge in [0.2, 0.25) is 5.91 Å². The number of rotatable bonds is 5. The van der Waals surface area contributed by atoms with E-state index in [1.807, 2.05) is 6.92 Å². The molecule has 1 fully saturated rings. The van der Waals surface area contributed by atoms with Gasteiger partial charge < -0.3 is 10.6 Å². The Morgan fingerprint density at radius 3 is 2.69 bits per heavy atom. The Hall–Kier alpha value is -0.570. The molecule has 0 aliphatic carbocycles. The molecule has 1 aliphatic heterocycles. The normalized spacial score (nSPS) is 22.8. The third-order valence-corrected chi connectivity index (χ3v) is 3.61. The molecule has 1 saturated heterocycles. The largest absolute Gasteiger partial charge is 0.339 e. The zero-order valence-corrected chi connectivity index (χ0v) is 10.9. The Balaban J connectivity index is 2.51. The van der Waals surface area contributed by atoms with E-state index in [2.05, 4.69) is 18.7 Å². The lowest BCUT2D eigenvalue weighted by molar-refractivity contribution is -0.136. The second-order valence-corrected chi connectivity index (χ2v) is 5.32. The number of hydrogen-bond acceptors (Lipinski definition) is 2. The van der Waals surface area contributed by atoms with Crippen LogP contribution >= 0.6 is 0 Å². The minimum absolute atomic E-state index is 0.142. The van der Waals surface area contributed by atoms with Crippen molar-refractivity contribution in [3.63, 3.8) is 0 Å². The number of hydrogen-bond donors (Lipinski definition) is 1. The SMILES string of the molecule is CC(CCCN)C(=O)N1CCCC1C(C)C. The van der Waals surface area contributed by atoms with E-state index < -0.39 is 0 Å². The highest BCUT2D eigenvalue weighted by atomic mass is 16.2. The van der Waals surface area contributed by atoms with E-state index in [0.717, 1.165) is 25.8 Å². The first kappa shape index (κ1) is 13.5. The molecule has 0 spiro atoms. The second-order valence-electron chi connectivity index (χ2n) is 5.32. The molecule has 0 aromatic heterocycles. The standard InChI is InChI=1S/C13H26N2O/c1-10(2)12-7-5-9-15(12)13(16)11(3)6-4-8-14/h10-12H,4-9,14H2,1-3H3. The molecule has 1 aliphatic rings. The van der Waals surface area contributed by atoms with E-state index in [4.69, 9.17) is 5.73 Å². The van der Waals surface area contributed by atoms with Gasteiger partial charge in [-0.1, -0.05) is 20.8 Å². The summed E-state index contributed by atoms with van der Waals surface area (Å²) in [5, 5.41) is 0. The van der Waals surface area contributed by atoms with Gasteiger partial charge in [0, 0.05) is 18.5 Å². The van der Waals surface area contributed by atoms with E-state index in [0.29, 0.717) is 24.4 Å². The lowest BCUT2D eigenvalue weighted by Crippen LogP contribution is -2.41. The van der Waals surface area contributed by atoms with Gasteiger partial charge in [0.25, 0.3) is 0 Å². The molecule has 1 rings (SSSR count). The fraction of sp³-hybridized carbons (Fsp3) is 0.923. The number of carbonyl (C=O) groups is 1. The number of amides is 1. The summed E-state index contributed by atoms with van der Waals surface area (Å²) in [7, 11) is 0. The Bertz CT molecular complexity index is 228. The molecule has 94 valence electrons. The van der Waals surface area contributed by atoms with Gasteiger partial charge in [-0.05, 0) is 38.1 Å². The maximum Gasteiger partial charge on any atom is 0.225 e. The Morgan fingerprint density at radius 1 is 1.44 bits per heavy atom. The van der Waals surface area contributed by atoms with Crippen LogP contribution < -0.4 is 5.73 Å². The van der Waals surface area contributed by atoms with Gasteiger partial charge in [0.1, 0.15) is 0 Å². The van der Waals surface area contributed by atoms with Crippen LogP contribution in [0, 0.1) is 11.8 Å². The van der Waals surface area contributed by atoms with Crippen molar-refractivity contribution in [3.8, 4) is 0 Å². The second kappa shape index (κ2) is 6.24. The van der Waals surface area contributed by atoms with Crippen molar-refractivity contribution < 1.29 is 4.79 Å². The molecule has 3 nitrogen and oxygen atoms in total. The highest BCUT2D eigenvalue weighted by molar-refractivity contribution is 5.79. The zero-order chi connectivity index (χ0) is 12.1. The van der Waals surface area contributed by atoms with Gasteiger partial charge in [0.15, 0.2) is 0 Å². The topological polar surface area (TPSA) is 46.3 Å². The summed E-state index contributed by atoms with van der Waals surface area (Å²) in [5.74, 6) is 1.06. The fourth-order valence-corrected chi connectivity index (χ4v) is 2.59. The van der Waals surface area contributed by atoms with Crippen LogP contribution in [0.1, 0.15) is 46.5 Å². The van der Waals surface area contributed by atoms with Crippen molar-refractivity contribution in [2.24, 2.45) is 17.6 Å². The average Bonchev–Trinajstić information content (AvgIpc) is 2.73. The summed E-state index contributed by atoms with van der Waals surface area (Å²) in [6.45, 7) is 8.09. The first-order chi connectivity index (χ1) is 7.57. The third kappa shape index (κ3) is 3.21. The maximum atomic E-state index is 12.3. The van der Waals surface area contributed by atoms with E-state index in [1.165, 1.54) is 6.42 Å². The maximum absolute atomic E-state index is 12.3. The molecular weight excluding hydrogens is 200 g/mol. The molecule has 0 bridgehead atoms. The van der Waals surface area contributed by atoms with E-state index in [9.17, 15) is 4.79 Å². The zero-order valence-electron chi connectivity index (χ0n) is 10.9. The average molecular weight is 226 g/mol. The van der Waals surface area contributed by atoms with Gasteiger partial charge in [0.05, 0.1) is 0 Å². The van der Waals surface area contributed by atoms with Crippen molar-refractivity contribution in [1.82, 2.24) is 4.90 Å². The molecule has 1 heterocycles. The van der Waals surface area contributed by atoms with Crippen LogP contribution in [0.15, 0.2) is 0 Å². The lowest BCUT2D eigenvalue weighted by Gasteiger charge is -2.30. The smallest absolute Gasteiger partial charge is 0.225 e. The lowest BCUT2D eigenvalue weighted by atomic mass is 9.99. The summed E-state index contributed by atoms with van der Waals surface area (Å²) in [4.78, 5) is 14.4. The van der Waals surface area contributed by atoms with Crippen LogP contribution in [0.25, 0.3) is 0 Å². The van der Waals surface area contributed by atoms with Crippen molar-refractivity contribution in [1.29, 1.82) is 0 Å². The fourth-order valence-electron chi connectivity index (χ4n) is 2.59.